The Morgan fingerprint density at radius 3 is 2.80 bits per heavy atom. The summed E-state index contributed by atoms with van der Waals surface area (Å²) in [6, 6.07) is 0.110. The van der Waals surface area contributed by atoms with Gasteiger partial charge in [0.1, 0.15) is 0 Å². The lowest BCUT2D eigenvalue weighted by molar-refractivity contribution is 0.128. The number of hydrogen-bond donors (Lipinski definition) is 1. The van der Waals surface area contributed by atoms with Gasteiger partial charge in [0.05, 0.1) is 6.10 Å². The van der Waals surface area contributed by atoms with Gasteiger partial charge in [0.25, 0.3) is 0 Å². The minimum absolute atomic E-state index is 0.110. The van der Waals surface area contributed by atoms with Gasteiger partial charge in [0, 0.05) is 11.0 Å². The topological polar surface area (TPSA) is 69.0 Å². The van der Waals surface area contributed by atoms with E-state index in [-0.39, 0.29) is 12.1 Å². The van der Waals surface area contributed by atoms with Crippen molar-refractivity contribution in [1.82, 2.24) is 0 Å². The second-order valence-electron chi connectivity index (χ2n) is 4.47. The molecule has 1 aliphatic carbocycles. The number of aliphatic hydroxyl groups is 1. The van der Waals surface area contributed by atoms with Crippen molar-refractivity contribution in [2.45, 2.75) is 64.0 Å². The number of aliphatic hydroxyl groups excluding tert-OH is 1. The van der Waals surface area contributed by atoms with E-state index in [4.69, 9.17) is 5.53 Å². The summed E-state index contributed by atoms with van der Waals surface area (Å²) in [7, 11) is 0. The molecule has 0 aliphatic heterocycles. The van der Waals surface area contributed by atoms with Crippen LogP contribution in [0, 0.1) is 5.92 Å². The maximum absolute atomic E-state index is 9.65. The minimum Gasteiger partial charge on any atom is -0.393 e. The third-order valence-corrected chi connectivity index (χ3v) is 3.36. The summed E-state index contributed by atoms with van der Waals surface area (Å²) in [5.41, 5.74) is 8.52. The molecule has 0 unspecified atom stereocenters. The molecule has 4 heteroatoms. The highest BCUT2D eigenvalue weighted by Crippen LogP contribution is 2.29. The third-order valence-electron chi connectivity index (χ3n) is 3.36. The predicted octanol–water partition coefficient (Wildman–Crippen LogP) is 3.41. The standard InChI is InChI=1S/C11H21N3O/c1-2-10(15)8-9-6-4-3-5-7-11(9)13-14-12/h9-11,15H,2-8H2,1H3/t9-,10-,11-/m0/s1. The molecule has 1 saturated carbocycles. The largest absolute Gasteiger partial charge is 0.393 e. The van der Waals surface area contributed by atoms with Crippen molar-refractivity contribution in [3.63, 3.8) is 0 Å². The lowest BCUT2D eigenvalue weighted by Crippen LogP contribution is -2.22. The molecular formula is C11H21N3O. The van der Waals surface area contributed by atoms with Gasteiger partial charge >= 0.3 is 0 Å². The summed E-state index contributed by atoms with van der Waals surface area (Å²) < 4.78 is 0. The van der Waals surface area contributed by atoms with Crippen molar-refractivity contribution < 1.29 is 5.11 Å². The zero-order valence-corrected chi connectivity index (χ0v) is 9.47. The lowest BCUT2D eigenvalue weighted by Gasteiger charge is -2.23. The highest BCUT2D eigenvalue weighted by atomic mass is 16.3. The Balaban J connectivity index is 2.57. The van der Waals surface area contributed by atoms with Gasteiger partial charge in [0.2, 0.25) is 0 Å². The van der Waals surface area contributed by atoms with E-state index in [0.717, 1.165) is 32.1 Å². The normalized spacial score (nSPS) is 28.9. The van der Waals surface area contributed by atoms with Crippen LogP contribution in [0.15, 0.2) is 5.11 Å². The third kappa shape index (κ3) is 4.10. The summed E-state index contributed by atoms with van der Waals surface area (Å²) in [6.07, 6.45) is 7.03. The van der Waals surface area contributed by atoms with Crippen molar-refractivity contribution in [3.8, 4) is 0 Å². The highest BCUT2D eigenvalue weighted by Gasteiger charge is 2.24. The van der Waals surface area contributed by atoms with Crippen molar-refractivity contribution in [2.24, 2.45) is 11.0 Å². The first-order valence-electron chi connectivity index (χ1n) is 6.00. The maximum Gasteiger partial charge on any atom is 0.0540 e. The summed E-state index contributed by atoms with van der Waals surface area (Å²) in [5.74, 6) is 0.387. The summed E-state index contributed by atoms with van der Waals surface area (Å²) in [5, 5.41) is 13.5. The Kier molecular flexibility index (Phi) is 5.51. The molecule has 0 heterocycles. The average Bonchev–Trinajstić information content (AvgIpc) is 2.45. The van der Waals surface area contributed by atoms with Crippen LogP contribution in [0.4, 0.5) is 0 Å². The van der Waals surface area contributed by atoms with Crippen LogP contribution in [0.2, 0.25) is 0 Å². The van der Waals surface area contributed by atoms with E-state index in [1.54, 1.807) is 0 Å². The molecule has 86 valence electrons. The monoisotopic (exact) mass is 211 g/mol. The molecule has 4 nitrogen and oxygen atoms in total. The molecule has 0 bridgehead atoms. The zero-order valence-electron chi connectivity index (χ0n) is 9.47. The molecule has 0 spiro atoms. The SMILES string of the molecule is CC[C@H](O)C[C@@H]1CCCCC[C@@H]1N=[N+]=[N-]. The lowest BCUT2D eigenvalue weighted by atomic mass is 9.89. The molecule has 0 aromatic carbocycles. The summed E-state index contributed by atoms with van der Waals surface area (Å²) in [4.78, 5) is 2.93. The van der Waals surface area contributed by atoms with Crippen LogP contribution in [0.1, 0.15) is 51.9 Å². The molecule has 1 rings (SSSR count). The average molecular weight is 211 g/mol. The first-order chi connectivity index (χ1) is 7.27. The highest BCUT2D eigenvalue weighted by molar-refractivity contribution is 4.81. The van der Waals surface area contributed by atoms with E-state index in [1.165, 1.54) is 12.8 Å². The van der Waals surface area contributed by atoms with Crippen molar-refractivity contribution in [3.05, 3.63) is 10.4 Å². The van der Waals surface area contributed by atoms with Gasteiger partial charge in [-0.05, 0) is 37.1 Å². The van der Waals surface area contributed by atoms with Crippen LogP contribution in [-0.2, 0) is 0 Å². The second-order valence-corrected chi connectivity index (χ2v) is 4.47. The quantitative estimate of drug-likeness (QED) is 0.329. The van der Waals surface area contributed by atoms with E-state index in [0.29, 0.717) is 5.92 Å². The molecule has 1 aliphatic rings. The predicted molar refractivity (Wildman–Crippen MR) is 60.4 cm³/mol. The fraction of sp³-hybridized carbons (Fsp3) is 1.00. The van der Waals surface area contributed by atoms with Gasteiger partial charge in [-0.25, -0.2) is 0 Å². The van der Waals surface area contributed by atoms with Crippen molar-refractivity contribution in [1.29, 1.82) is 0 Å². The Labute approximate surface area is 91.3 Å². The molecule has 0 amide bonds. The number of azide groups is 1. The van der Waals surface area contributed by atoms with Crippen LogP contribution < -0.4 is 0 Å². The van der Waals surface area contributed by atoms with Crippen LogP contribution in [0.3, 0.4) is 0 Å². The van der Waals surface area contributed by atoms with Crippen LogP contribution >= 0.6 is 0 Å². The molecule has 0 aromatic heterocycles. The number of nitrogens with zero attached hydrogens (tertiary/aromatic N) is 3. The maximum atomic E-state index is 9.65. The molecule has 3 atom stereocenters. The molecular weight excluding hydrogens is 190 g/mol. The van der Waals surface area contributed by atoms with Crippen LogP contribution in [0.25, 0.3) is 10.4 Å². The molecule has 1 N–H and O–H groups in total. The number of hydrogen-bond acceptors (Lipinski definition) is 2. The smallest absolute Gasteiger partial charge is 0.0540 e. The van der Waals surface area contributed by atoms with Crippen LogP contribution in [-0.4, -0.2) is 17.3 Å². The minimum atomic E-state index is -0.232. The van der Waals surface area contributed by atoms with Gasteiger partial charge < -0.3 is 5.11 Å². The van der Waals surface area contributed by atoms with Gasteiger partial charge in [-0.2, -0.15) is 0 Å². The van der Waals surface area contributed by atoms with E-state index in [2.05, 4.69) is 10.0 Å². The van der Waals surface area contributed by atoms with Crippen molar-refractivity contribution in [2.75, 3.05) is 0 Å². The van der Waals surface area contributed by atoms with Crippen LogP contribution in [0.5, 0.6) is 0 Å². The molecule has 15 heavy (non-hydrogen) atoms. The Bertz CT molecular complexity index is 226. The number of rotatable bonds is 4. The van der Waals surface area contributed by atoms with E-state index in [9.17, 15) is 5.11 Å². The van der Waals surface area contributed by atoms with Gasteiger partial charge in [-0.15, -0.1) is 0 Å². The van der Waals surface area contributed by atoms with E-state index >= 15 is 0 Å². The zero-order chi connectivity index (χ0) is 11.1. The van der Waals surface area contributed by atoms with E-state index in [1.807, 2.05) is 6.92 Å². The molecule has 0 saturated heterocycles. The Morgan fingerprint density at radius 1 is 1.40 bits per heavy atom. The molecule has 1 fully saturated rings. The van der Waals surface area contributed by atoms with Gasteiger partial charge in [0.15, 0.2) is 0 Å². The summed E-state index contributed by atoms with van der Waals surface area (Å²) >= 11 is 0. The Morgan fingerprint density at radius 2 is 2.13 bits per heavy atom. The summed E-state index contributed by atoms with van der Waals surface area (Å²) in [6.45, 7) is 1.99. The molecule has 0 aromatic rings. The Hall–Kier alpha value is -0.730. The first-order valence-corrected chi connectivity index (χ1v) is 6.00. The fourth-order valence-electron chi connectivity index (χ4n) is 2.37. The van der Waals surface area contributed by atoms with Crippen molar-refractivity contribution >= 4 is 0 Å². The second kappa shape index (κ2) is 6.70. The van der Waals surface area contributed by atoms with Gasteiger partial charge in [-0.3, -0.25) is 0 Å². The van der Waals surface area contributed by atoms with Gasteiger partial charge in [-0.1, -0.05) is 31.3 Å². The molecule has 0 radical (unpaired) electrons. The van der Waals surface area contributed by atoms with E-state index < -0.39 is 0 Å². The fourth-order valence-corrected chi connectivity index (χ4v) is 2.37. The first kappa shape index (κ1) is 12.3.